The van der Waals surface area contributed by atoms with Gasteiger partial charge in [-0.15, -0.1) is 11.3 Å². The molecule has 2 N–H and O–H groups in total. The Morgan fingerprint density at radius 2 is 2.27 bits per heavy atom. The lowest BCUT2D eigenvalue weighted by Crippen LogP contribution is -2.36. The van der Waals surface area contributed by atoms with Crippen molar-refractivity contribution >= 4 is 11.3 Å². The van der Waals surface area contributed by atoms with Gasteiger partial charge in [0.05, 0.1) is 11.6 Å². The van der Waals surface area contributed by atoms with Gasteiger partial charge in [-0.1, -0.05) is 20.8 Å². The van der Waals surface area contributed by atoms with Crippen molar-refractivity contribution in [1.29, 1.82) is 0 Å². The van der Waals surface area contributed by atoms with Gasteiger partial charge in [0.2, 0.25) is 0 Å². The molecule has 1 rings (SSSR count). The molecule has 86 valence electrons. The minimum Gasteiger partial charge on any atom is -0.395 e. The number of nitrogens with zero attached hydrogens (tertiary/aromatic N) is 1. The molecule has 0 aliphatic rings. The molecule has 3 nitrogen and oxygen atoms in total. The van der Waals surface area contributed by atoms with Crippen molar-refractivity contribution in [2.75, 3.05) is 6.61 Å². The SMILES string of the molecule is CCc1ncc(CNC(CO)C(C)C)s1. The number of thiazole rings is 1. The molecule has 0 radical (unpaired) electrons. The quantitative estimate of drug-likeness (QED) is 0.780. The maximum atomic E-state index is 9.15. The molecule has 1 aromatic rings. The van der Waals surface area contributed by atoms with Crippen LogP contribution in [0.5, 0.6) is 0 Å². The average Bonchev–Trinajstić information content (AvgIpc) is 2.66. The Morgan fingerprint density at radius 1 is 1.53 bits per heavy atom. The lowest BCUT2D eigenvalue weighted by Gasteiger charge is -2.19. The monoisotopic (exact) mass is 228 g/mol. The van der Waals surface area contributed by atoms with E-state index >= 15 is 0 Å². The molecule has 0 spiro atoms. The summed E-state index contributed by atoms with van der Waals surface area (Å²) >= 11 is 1.74. The number of rotatable bonds is 6. The van der Waals surface area contributed by atoms with Crippen LogP contribution in [0, 0.1) is 5.92 Å². The van der Waals surface area contributed by atoms with E-state index in [4.69, 9.17) is 5.11 Å². The van der Waals surface area contributed by atoms with Crippen molar-refractivity contribution in [2.24, 2.45) is 5.92 Å². The van der Waals surface area contributed by atoms with Gasteiger partial charge in [0.1, 0.15) is 0 Å². The Labute approximate surface area is 95.6 Å². The van der Waals surface area contributed by atoms with Gasteiger partial charge in [-0.2, -0.15) is 0 Å². The van der Waals surface area contributed by atoms with Gasteiger partial charge in [0, 0.05) is 23.7 Å². The zero-order chi connectivity index (χ0) is 11.3. The van der Waals surface area contributed by atoms with Crippen LogP contribution in [-0.4, -0.2) is 22.7 Å². The Morgan fingerprint density at radius 3 is 2.73 bits per heavy atom. The highest BCUT2D eigenvalue weighted by atomic mass is 32.1. The molecule has 0 aliphatic carbocycles. The summed E-state index contributed by atoms with van der Waals surface area (Å²) in [7, 11) is 0. The maximum absolute atomic E-state index is 9.15. The standard InChI is InChI=1S/C11H20N2OS/c1-4-11-13-6-9(15-11)5-12-10(7-14)8(2)3/h6,8,10,12,14H,4-5,7H2,1-3H3. The van der Waals surface area contributed by atoms with E-state index in [9.17, 15) is 0 Å². The number of hydrogen-bond donors (Lipinski definition) is 2. The normalized spacial score (nSPS) is 13.4. The second-order valence-electron chi connectivity index (χ2n) is 3.99. The molecule has 15 heavy (non-hydrogen) atoms. The summed E-state index contributed by atoms with van der Waals surface area (Å²) in [5.74, 6) is 0.452. The van der Waals surface area contributed by atoms with Crippen molar-refractivity contribution in [2.45, 2.75) is 39.8 Å². The van der Waals surface area contributed by atoms with Crippen LogP contribution >= 0.6 is 11.3 Å². The van der Waals surface area contributed by atoms with E-state index in [1.165, 1.54) is 9.88 Å². The van der Waals surface area contributed by atoms with Gasteiger partial charge in [-0.3, -0.25) is 0 Å². The third-order valence-corrected chi connectivity index (χ3v) is 3.59. The molecule has 1 unspecified atom stereocenters. The van der Waals surface area contributed by atoms with E-state index in [1.807, 2.05) is 6.20 Å². The molecular formula is C11H20N2OS. The van der Waals surface area contributed by atoms with E-state index in [-0.39, 0.29) is 12.6 Å². The minimum absolute atomic E-state index is 0.178. The molecule has 1 atom stereocenters. The largest absolute Gasteiger partial charge is 0.395 e. The van der Waals surface area contributed by atoms with Crippen LogP contribution in [-0.2, 0) is 13.0 Å². The third-order valence-electron chi connectivity index (χ3n) is 2.44. The fourth-order valence-electron chi connectivity index (χ4n) is 1.34. The molecule has 1 aromatic heterocycles. The summed E-state index contributed by atoms with van der Waals surface area (Å²) in [6, 6.07) is 0.178. The highest BCUT2D eigenvalue weighted by Crippen LogP contribution is 2.13. The Hall–Kier alpha value is -0.450. The molecular weight excluding hydrogens is 208 g/mol. The fraction of sp³-hybridized carbons (Fsp3) is 0.727. The van der Waals surface area contributed by atoms with Gasteiger partial charge in [0.15, 0.2) is 0 Å². The van der Waals surface area contributed by atoms with Crippen molar-refractivity contribution in [3.63, 3.8) is 0 Å². The van der Waals surface area contributed by atoms with E-state index < -0.39 is 0 Å². The molecule has 0 aliphatic heterocycles. The van der Waals surface area contributed by atoms with E-state index in [0.29, 0.717) is 5.92 Å². The van der Waals surface area contributed by atoms with E-state index in [1.54, 1.807) is 11.3 Å². The number of hydrogen-bond acceptors (Lipinski definition) is 4. The molecule has 0 fully saturated rings. The van der Waals surface area contributed by atoms with Crippen LogP contribution in [0.1, 0.15) is 30.7 Å². The van der Waals surface area contributed by atoms with Gasteiger partial charge >= 0.3 is 0 Å². The van der Waals surface area contributed by atoms with Gasteiger partial charge < -0.3 is 10.4 Å². The summed E-state index contributed by atoms with van der Waals surface area (Å²) in [6.07, 6.45) is 2.92. The second-order valence-corrected chi connectivity index (χ2v) is 5.19. The second kappa shape index (κ2) is 6.20. The van der Waals surface area contributed by atoms with Gasteiger partial charge in [0.25, 0.3) is 0 Å². The number of aliphatic hydroxyl groups is 1. The smallest absolute Gasteiger partial charge is 0.0925 e. The Bertz CT molecular complexity index is 286. The zero-order valence-corrected chi connectivity index (χ0v) is 10.5. The highest BCUT2D eigenvalue weighted by Gasteiger charge is 2.11. The highest BCUT2D eigenvalue weighted by molar-refractivity contribution is 7.11. The number of nitrogens with one attached hydrogen (secondary N) is 1. The molecule has 0 saturated heterocycles. The third kappa shape index (κ3) is 3.89. The summed E-state index contributed by atoms with van der Waals surface area (Å²) in [6.45, 7) is 7.33. The van der Waals surface area contributed by atoms with Crippen LogP contribution in [0.4, 0.5) is 0 Å². The molecule has 0 bridgehead atoms. The summed E-state index contributed by atoms with van der Waals surface area (Å²) in [5.41, 5.74) is 0. The summed E-state index contributed by atoms with van der Waals surface area (Å²) in [4.78, 5) is 5.54. The first-order chi connectivity index (χ1) is 7.17. The van der Waals surface area contributed by atoms with Gasteiger partial charge in [-0.25, -0.2) is 4.98 Å². The first-order valence-electron chi connectivity index (χ1n) is 5.45. The molecule has 1 heterocycles. The minimum atomic E-state index is 0.178. The summed E-state index contributed by atoms with van der Waals surface area (Å²) in [5, 5.41) is 13.7. The predicted octanol–water partition coefficient (Wildman–Crippen LogP) is 1.81. The van der Waals surface area contributed by atoms with Crippen LogP contribution in [0.2, 0.25) is 0 Å². The van der Waals surface area contributed by atoms with Crippen LogP contribution in [0.15, 0.2) is 6.20 Å². The Kier molecular flexibility index (Phi) is 5.22. The van der Waals surface area contributed by atoms with Crippen LogP contribution < -0.4 is 5.32 Å². The summed E-state index contributed by atoms with van der Waals surface area (Å²) < 4.78 is 0. The van der Waals surface area contributed by atoms with E-state index in [2.05, 4.69) is 31.1 Å². The van der Waals surface area contributed by atoms with Crippen LogP contribution in [0.25, 0.3) is 0 Å². The molecule has 0 amide bonds. The van der Waals surface area contributed by atoms with Gasteiger partial charge in [-0.05, 0) is 12.3 Å². The van der Waals surface area contributed by atoms with Crippen molar-refractivity contribution in [1.82, 2.24) is 10.3 Å². The predicted molar refractivity (Wildman–Crippen MR) is 64.0 cm³/mol. The van der Waals surface area contributed by atoms with Crippen LogP contribution in [0.3, 0.4) is 0 Å². The number of aliphatic hydroxyl groups excluding tert-OH is 1. The average molecular weight is 228 g/mol. The molecule has 4 heteroatoms. The zero-order valence-electron chi connectivity index (χ0n) is 9.66. The Balaban J connectivity index is 2.41. The van der Waals surface area contributed by atoms with Crippen molar-refractivity contribution in [3.05, 3.63) is 16.1 Å². The van der Waals surface area contributed by atoms with Crippen molar-refractivity contribution < 1.29 is 5.11 Å². The lowest BCUT2D eigenvalue weighted by atomic mass is 10.1. The number of aryl methyl sites for hydroxylation is 1. The number of aromatic nitrogens is 1. The lowest BCUT2D eigenvalue weighted by molar-refractivity contribution is 0.210. The van der Waals surface area contributed by atoms with Crippen molar-refractivity contribution in [3.8, 4) is 0 Å². The first-order valence-corrected chi connectivity index (χ1v) is 6.26. The first kappa shape index (κ1) is 12.6. The topological polar surface area (TPSA) is 45.2 Å². The maximum Gasteiger partial charge on any atom is 0.0925 e. The molecule has 0 aromatic carbocycles. The molecule has 0 saturated carbocycles. The van der Waals surface area contributed by atoms with E-state index in [0.717, 1.165) is 13.0 Å². The fourth-order valence-corrected chi connectivity index (χ4v) is 2.15.